The van der Waals surface area contributed by atoms with E-state index in [1.54, 1.807) is 43.3 Å². The first-order chi connectivity index (χ1) is 16.5. The van der Waals surface area contributed by atoms with Crippen molar-refractivity contribution < 1.29 is 9.18 Å². The minimum absolute atomic E-state index is 0.0622. The van der Waals surface area contributed by atoms with Crippen LogP contribution < -0.4 is 5.56 Å². The number of hydrogen-bond acceptors (Lipinski definition) is 6. The normalized spacial score (nSPS) is 11.1. The summed E-state index contributed by atoms with van der Waals surface area (Å²) in [5, 5.41) is 3.08. The van der Waals surface area contributed by atoms with Gasteiger partial charge in [0.25, 0.3) is 5.56 Å². The van der Waals surface area contributed by atoms with Gasteiger partial charge in [0, 0.05) is 10.9 Å². The van der Waals surface area contributed by atoms with Gasteiger partial charge in [-0.1, -0.05) is 54.2 Å². The highest BCUT2D eigenvalue weighted by molar-refractivity contribution is 7.99. The van der Waals surface area contributed by atoms with Gasteiger partial charge in [0.2, 0.25) is 5.78 Å². The van der Waals surface area contributed by atoms with Crippen LogP contribution in [0, 0.1) is 12.7 Å². The maximum Gasteiger partial charge on any atom is 0.266 e. The van der Waals surface area contributed by atoms with E-state index in [0.717, 1.165) is 23.0 Å². The molecule has 2 heterocycles. The Bertz CT molecular complexity index is 1580. The predicted molar refractivity (Wildman–Crippen MR) is 135 cm³/mol. The fourth-order valence-electron chi connectivity index (χ4n) is 3.54. The fourth-order valence-corrected chi connectivity index (χ4v) is 5.28. The molecule has 0 saturated carbocycles. The summed E-state index contributed by atoms with van der Waals surface area (Å²) in [5.41, 5.74) is 2.88. The molecule has 0 aliphatic heterocycles. The van der Waals surface area contributed by atoms with Crippen LogP contribution in [0.2, 0.25) is 0 Å². The van der Waals surface area contributed by atoms with E-state index in [-0.39, 0.29) is 22.9 Å². The van der Waals surface area contributed by atoms with Gasteiger partial charge in [-0.3, -0.25) is 14.2 Å². The van der Waals surface area contributed by atoms with E-state index in [1.807, 2.05) is 35.7 Å². The maximum atomic E-state index is 13.9. The van der Waals surface area contributed by atoms with Gasteiger partial charge in [0.1, 0.15) is 5.82 Å². The lowest BCUT2D eigenvalue weighted by molar-refractivity contribution is 0.102. The molecule has 0 N–H and O–H groups in total. The Morgan fingerprint density at radius 2 is 1.79 bits per heavy atom. The molecule has 5 rings (SSSR count). The van der Waals surface area contributed by atoms with E-state index in [9.17, 15) is 14.0 Å². The molecule has 0 saturated heterocycles. The highest BCUT2D eigenvalue weighted by Crippen LogP contribution is 2.26. The average molecular weight is 488 g/mol. The van der Waals surface area contributed by atoms with Crippen LogP contribution in [0.1, 0.15) is 15.4 Å². The number of carbonyl (C=O) groups is 1. The molecule has 0 bridgehead atoms. The zero-order chi connectivity index (χ0) is 23.7. The van der Waals surface area contributed by atoms with Crippen LogP contribution in [0.4, 0.5) is 4.39 Å². The van der Waals surface area contributed by atoms with Crippen LogP contribution in [0.5, 0.6) is 0 Å². The molecule has 2 aromatic heterocycles. The Balaban J connectivity index is 1.49. The summed E-state index contributed by atoms with van der Waals surface area (Å²) in [6.45, 7) is 1.64. The van der Waals surface area contributed by atoms with Crippen LogP contribution in [0.25, 0.3) is 27.8 Å². The average Bonchev–Trinajstić information content (AvgIpc) is 3.36. The van der Waals surface area contributed by atoms with Gasteiger partial charge >= 0.3 is 0 Å². The number of carbonyl (C=O) groups excluding carboxylic acids is 1. The number of fused-ring (bicyclic) bond motifs is 1. The molecule has 34 heavy (non-hydrogen) atoms. The number of halogens is 1. The quantitative estimate of drug-likeness (QED) is 0.169. The van der Waals surface area contributed by atoms with Crippen molar-refractivity contribution in [1.82, 2.24) is 14.5 Å². The maximum absolute atomic E-state index is 13.9. The molecular weight excluding hydrogens is 469 g/mol. The lowest BCUT2D eigenvalue weighted by atomic mass is 10.2. The zero-order valence-corrected chi connectivity index (χ0v) is 19.7. The number of thioether (sulfide) groups is 1. The monoisotopic (exact) mass is 487 g/mol. The van der Waals surface area contributed by atoms with E-state index in [2.05, 4.69) is 9.97 Å². The number of ketones is 1. The number of aryl methyl sites for hydroxylation is 1. The molecule has 0 aliphatic rings. The molecule has 0 aliphatic carbocycles. The molecule has 3 aromatic carbocycles. The van der Waals surface area contributed by atoms with Gasteiger partial charge < -0.3 is 0 Å². The Hall–Kier alpha value is -3.62. The van der Waals surface area contributed by atoms with Gasteiger partial charge in [-0.25, -0.2) is 14.4 Å². The van der Waals surface area contributed by atoms with Crippen LogP contribution in [-0.4, -0.2) is 26.1 Å². The van der Waals surface area contributed by atoms with E-state index in [1.165, 1.54) is 22.0 Å². The van der Waals surface area contributed by atoms with E-state index < -0.39 is 0 Å². The molecule has 168 valence electrons. The molecule has 0 amide bonds. The summed E-state index contributed by atoms with van der Waals surface area (Å²) in [6.07, 6.45) is 0. The van der Waals surface area contributed by atoms with Crippen molar-refractivity contribution in [3.05, 3.63) is 105 Å². The summed E-state index contributed by atoms with van der Waals surface area (Å²) in [4.78, 5) is 35.4. The Morgan fingerprint density at radius 1 is 1.03 bits per heavy atom. The van der Waals surface area contributed by atoms with Gasteiger partial charge in [-0.05, 0) is 42.8 Å². The van der Waals surface area contributed by atoms with Crippen LogP contribution in [-0.2, 0) is 0 Å². The van der Waals surface area contributed by atoms with E-state index in [4.69, 9.17) is 0 Å². The molecular formula is C26H18FN3O2S2. The van der Waals surface area contributed by atoms with Crippen LogP contribution in [0.15, 0.2) is 88.1 Å². The molecule has 5 aromatic rings. The number of para-hydroxylation sites is 1. The van der Waals surface area contributed by atoms with Crippen molar-refractivity contribution in [1.29, 1.82) is 0 Å². The van der Waals surface area contributed by atoms with Gasteiger partial charge in [-0.15, -0.1) is 11.3 Å². The van der Waals surface area contributed by atoms with Gasteiger partial charge in [0.15, 0.2) is 10.2 Å². The second kappa shape index (κ2) is 9.32. The predicted octanol–water partition coefficient (Wildman–Crippen LogP) is 5.93. The molecule has 0 spiro atoms. The van der Waals surface area contributed by atoms with Crippen molar-refractivity contribution in [2.75, 3.05) is 5.75 Å². The largest absolute Gasteiger partial charge is 0.291 e. The van der Waals surface area contributed by atoms with Crippen molar-refractivity contribution in [2.45, 2.75) is 12.1 Å². The Kier molecular flexibility index (Phi) is 6.08. The molecule has 5 nitrogen and oxygen atoms in total. The number of Topliss-reactive ketones (excluding diaryl/α,β-unsaturated/α-hetero) is 1. The minimum atomic E-state index is -0.354. The third-order valence-corrected chi connectivity index (χ3v) is 7.11. The van der Waals surface area contributed by atoms with E-state index in [0.29, 0.717) is 32.3 Å². The number of aromatic nitrogens is 3. The second-order valence-electron chi connectivity index (χ2n) is 7.60. The number of thiazole rings is 1. The molecule has 0 unspecified atom stereocenters. The smallest absolute Gasteiger partial charge is 0.266 e. The first-order valence-electron chi connectivity index (χ1n) is 10.5. The fraction of sp³-hybridized carbons (Fsp3) is 0.0769. The number of benzene rings is 3. The SMILES string of the molecule is Cc1cc(-n2c(SCC(=O)c3nc(-c4ccccc4)cs3)nc3ccccc3c2=O)ccc1F. The molecule has 0 fully saturated rings. The van der Waals surface area contributed by atoms with Crippen molar-refractivity contribution in [3.8, 4) is 16.9 Å². The summed E-state index contributed by atoms with van der Waals surface area (Å²) in [6, 6.07) is 21.2. The number of hydrogen-bond donors (Lipinski definition) is 0. The second-order valence-corrected chi connectivity index (χ2v) is 9.40. The first kappa shape index (κ1) is 22.2. The van der Waals surface area contributed by atoms with Gasteiger partial charge in [0.05, 0.1) is 28.0 Å². The molecule has 8 heteroatoms. The topological polar surface area (TPSA) is 64.8 Å². The third-order valence-electron chi connectivity index (χ3n) is 5.29. The first-order valence-corrected chi connectivity index (χ1v) is 12.3. The lowest BCUT2D eigenvalue weighted by Gasteiger charge is -2.13. The molecule has 0 atom stereocenters. The zero-order valence-electron chi connectivity index (χ0n) is 18.1. The Morgan fingerprint density at radius 3 is 2.59 bits per heavy atom. The van der Waals surface area contributed by atoms with Crippen LogP contribution in [0.3, 0.4) is 0 Å². The highest BCUT2D eigenvalue weighted by atomic mass is 32.2. The van der Waals surface area contributed by atoms with Crippen molar-refractivity contribution in [2.24, 2.45) is 0 Å². The summed E-state index contributed by atoms with van der Waals surface area (Å²) in [7, 11) is 0. The summed E-state index contributed by atoms with van der Waals surface area (Å²) < 4.78 is 15.3. The van der Waals surface area contributed by atoms with Crippen LogP contribution >= 0.6 is 23.1 Å². The summed E-state index contributed by atoms with van der Waals surface area (Å²) >= 11 is 2.46. The van der Waals surface area contributed by atoms with E-state index >= 15 is 0 Å². The highest BCUT2D eigenvalue weighted by Gasteiger charge is 2.18. The van der Waals surface area contributed by atoms with Crippen molar-refractivity contribution in [3.63, 3.8) is 0 Å². The Labute approximate surface area is 203 Å². The lowest BCUT2D eigenvalue weighted by Crippen LogP contribution is -2.22. The molecule has 0 radical (unpaired) electrons. The summed E-state index contributed by atoms with van der Waals surface area (Å²) in [5.74, 6) is -0.443. The minimum Gasteiger partial charge on any atom is -0.291 e. The van der Waals surface area contributed by atoms with Crippen molar-refractivity contribution >= 4 is 39.8 Å². The number of nitrogens with zero attached hydrogens (tertiary/aromatic N) is 3. The third kappa shape index (κ3) is 4.30. The standard InChI is InChI=1S/C26H18FN3O2S2/c1-16-13-18(11-12-20(16)27)30-25(32)19-9-5-6-10-21(19)29-26(30)34-15-23(31)24-28-22(14-33-24)17-7-3-2-4-8-17/h2-14H,15H2,1H3. The van der Waals surface area contributed by atoms with Gasteiger partial charge in [-0.2, -0.15) is 0 Å². The number of rotatable bonds is 6.